The molecular weight excluding hydrogens is 300 g/mol. The van der Waals surface area contributed by atoms with E-state index in [1.807, 2.05) is 48.5 Å². The first-order valence-corrected chi connectivity index (χ1v) is 7.91. The SMILES string of the molecule is CN1C(=O)C2=C(C1=O)c1c([nH]c3ccccc13)Cc1ccccc12. The predicted octanol–water partition coefficient (Wildman–Crippen LogP) is 2.98. The summed E-state index contributed by atoms with van der Waals surface area (Å²) >= 11 is 0. The van der Waals surface area contributed by atoms with Crippen molar-refractivity contribution in [3.8, 4) is 0 Å². The number of aromatic amines is 1. The lowest BCUT2D eigenvalue weighted by atomic mass is 9.96. The highest BCUT2D eigenvalue weighted by atomic mass is 16.2. The first kappa shape index (κ1) is 13.3. The summed E-state index contributed by atoms with van der Waals surface area (Å²) in [6.07, 6.45) is 0.678. The van der Waals surface area contributed by atoms with E-state index in [1.165, 1.54) is 4.90 Å². The summed E-state index contributed by atoms with van der Waals surface area (Å²) in [5.74, 6) is -0.446. The van der Waals surface area contributed by atoms with E-state index in [-0.39, 0.29) is 11.8 Å². The topological polar surface area (TPSA) is 53.2 Å². The monoisotopic (exact) mass is 314 g/mol. The van der Waals surface area contributed by atoms with Gasteiger partial charge in [-0.05, 0) is 17.2 Å². The Kier molecular flexibility index (Phi) is 2.47. The van der Waals surface area contributed by atoms with Crippen LogP contribution in [-0.4, -0.2) is 28.7 Å². The van der Waals surface area contributed by atoms with Crippen molar-refractivity contribution in [2.24, 2.45) is 0 Å². The second-order valence-corrected chi connectivity index (χ2v) is 6.28. The highest BCUT2D eigenvalue weighted by molar-refractivity contribution is 6.50. The minimum Gasteiger partial charge on any atom is -0.358 e. The molecule has 0 unspecified atom stereocenters. The van der Waals surface area contributed by atoms with Gasteiger partial charge in [0.2, 0.25) is 0 Å². The number of aromatic nitrogens is 1. The van der Waals surface area contributed by atoms with E-state index in [0.29, 0.717) is 17.6 Å². The van der Waals surface area contributed by atoms with Crippen molar-refractivity contribution in [2.75, 3.05) is 7.05 Å². The number of carbonyl (C=O) groups excluding carboxylic acids is 2. The molecule has 116 valence electrons. The number of benzene rings is 2. The molecule has 0 spiro atoms. The molecule has 2 heterocycles. The van der Waals surface area contributed by atoms with E-state index >= 15 is 0 Å². The molecular formula is C20H14N2O2. The number of nitrogens with one attached hydrogen (secondary N) is 1. The molecule has 1 aliphatic heterocycles. The van der Waals surface area contributed by atoms with Crippen LogP contribution in [0.4, 0.5) is 0 Å². The van der Waals surface area contributed by atoms with E-state index in [4.69, 9.17) is 0 Å². The Bertz CT molecular complexity index is 1090. The molecule has 24 heavy (non-hydrogen) atoms. The number of amides is 2. The molecule has 0 fully saturated rings. The number of nitrogens with zero attached hydrogens (tertiary/aromatic N) is 1. The van der Waals surface area contributed by atoms with E-state index < -0.39 is 0 Å². The molecule has 1 aliphatic carbocycles. The molecule has 2 aliphatic rings. The lowest BCUT2D eigenvalue weighted by Crippen LogP contribution is -2.27. The predicted molar refractivity (Wildman–Crippen MR) is 92.1 cm³/mol. The number of H-pyrrole nitrogens is 1. The number of imide groups is 1. The van der Waals surface area contributed by atoms with Gasteiger partial charge in [0.05, 0.1) is 11.1 Å². The Morgan fingerprint density at radius 2 is 1.62 bits per heavy atom. The molecule has 2 amide bonds. The molecule has 2 aromatic carbocycles. The van der Waals surface area contributed by atoms with E-state index in [9.17, 15) is 9.59 Å². The third kappa shape index (κ3) is 1.52. The summed E-state index contributed by atoms with van der Waals surface area (Å²) in [7, 11) is 1.55. The van der Waals surface area contributed by atoms with Gasteiger partial charge in [0, 0.05) is 35.6 Å². The van der Waals surface area contributed by atoms with Crippen LogP contribution in [-0.2, 0) is 16.0 Å². The Balaban J connectivity index is 1.97. The molecule has 0 atom stereocenters. The molecule has 0 bridgehead atoms. The van der Waals surface area contributed by atoms with Crippen LogP contribution in [0.15, 0.2) is 48.5 Å². The van der Waals surface area contributed by atoms with Crippen molar-refractivity contribution in [2.45, 2.75) is 6.42 Å². The number of hydrogen-bond acceptors (Lipinski definition) is 2. The van der Waals surface area contributed by atoms with Gasteiger partial charge in [-0.2, -0.15) is 0 Å². The lowest BCUT2D eigenvalue weighted by molar-refractivity contribution is -0.134. The summed E-state index contributed by atoms with van der Waals surface area (Å²) in [5.41, 5.74) is 5.84. The van der Waals surface area contributed by atoms with Gasteiger partial charge in [-0.25, -0.2) is 0 Å². The van der Waals surface area contributed by atoms with Gasteiger partial charge < -0.3 is 4.98 Å². The summed E-state index contributed by atoms with van der Waals surface area (Å²) in [6, 6.07) is 15.8. The zero-order chi connectivity index (χ0) is 16.4. The number of fused-ring (bicyclic) bond motifs is 6. The smallest absolute Gasteiger partial charge is 0.262 e. The molecule has 5 rings (SSSR count). The average Bonchev–Trinajstić information content (AvgIpc) is 2.99. The van der Waals surface area contributed by atoms with Crippen molar-refractivity contribution < 1.29 is 9.59 Å². The van der Waals surface area contributed by atoms with Crippen molar-refractivity contribution >= 4 is 33.9 Å². The van der Waals surface area contributed by atoms with E-state index in [2.05, 4.69) is 4.98 Å². The molecule has 0 saturated heterocycles. The minimum absolute atomic E-state index is 0.222. The average molecular weight is 314 g/mol. The third-order valence-corrected chi connectivity index (χ3v) is 4.97. The Hall–Kier alpha value is -3.14. The number of hydrogen-bond donors (Lipinski definition) is 1. The highest BCUT2D eigenvalue weighted by Crippen LogP contribution is 2.43. The van der Waals surface area contributed by atoms with Crippen LogP contribution in [0.5, 0.6) is 0 Å². The number of para-hydroxylation sites is 1. The maximum atomic E-state index is 12.9. The fraction of sp³-hybridized carbons (Fsp3) is 0.100. The van der Waals surface area contributed by atoms with Crippen LogP contribution >= 0.6 is 0 Å². The van der Waals surface area contributed by atoms with Gasteiger partial charge in [-0.15, -0.1) is 0 Å². The standard InChI is InChI=1S/C20H14N2O2/c1-22-19(23)17-12-7-3-2-6-11(12)10-15-16(18(17)20(22)24)13-8-4-5-9-14(13)21-15/h2-9,21H,10H2,1H3. The normalized spacial score (nSPS) is 16.3. The van der Waals surface area contributed by atoms with Crippen LogP contribution in [0.1, 0.15) is 22.4 Å². The Labute approximate surface area is 138 Å². The van der Waals surface area contributed by atoms with E-state index in [1.54, 1.807) is 7.05 Å². The van der Waals surface area contributed by atoms with Crippen LogP contribution in [0.3, 0.4) is 0 Å². The van der Waals surface area contributed by atoms with Gasteiger partial charge in [0.1, 0.15) is 0 Å². The second kappa shape index (κ2) is 4.45. The maximum absolute atomic E-state index is 12.9. The van der Waals surface area contributed by atoms with Gasteiger partial charge in [0.15, 0.2) is 0 Å². The lowest BCUT2D eigenvalue weighted by Gasteiger charge is -2.11. The fourth-order valence-electron chi connectivity index (χ4n) is 3.85. The highest BCUT2D eigenvalue weighted by Gasteiger charge is 2.41. The number of carbonyl (C=O) groups is 2. The number of likely N-dealkylation sites (N-methyl/N-ethyl adjacent to an activating group) is 1. The summed E-state index contributed by atoms with van der Waals surface area (Å²) < 4.78 is 0. The quantitative estimate of drug-likeness (QED) is 0.649. The van der Waals surface area contributed by atoms with Crippen molar-refractivity contribution in [3.05, 3.63) is 70.9 Å². The molecule has 1 aromatic heterocycles. The molecule has 3 aromatic rings. The van der Waals surface area contributed by atoms with Crippen LogP contribution in [0.25, 0.3) is 22.0 Å². The zero-order valence-electron chi connectivity index (χ0n) is 13.1. The Morgan fingerprint density at radius 3 is 2.50 bits per heavy atom. The molecule has 4 heteroatoms. The van der Waals surface area contributed by atoms with Gasteiger partial charge in [-0.3, -0.25) is 14.5 Å². The fourth-order valence-corrected chi connectivity index (χ4v) is 3.85. The third-order valence-electron chi connectivity index (χ3n) is 4.97. The van der Waals surface area contributed by atoms with Crippen molar-refractivity contribution in [3.63, 3.8) is 0 Å². The minimum atomic E-state index is -0.224. The molecule has 0 radical (unpaired) electrons. The largest absolute Gasteiger partial charge is 0.358 e. The van der Waals surface area contributed by atoms with Gasteiger partial charge in [0.25, 0.3) is 11.8 Å². The molecule has 4 nitrogen and oxygen atoms in total. The molecule has 0 saturated carbocycles. The van der Waals surface area contributed by atoms with Crippen molar-refractivity contribution in [1.82, 2.24) is 9.88 Å². The zero-order valence-corrected chi connectivity index (χ0v) is 13.1. The maximum Gasteiger partial charge on any atom is 0.262 e. The first-order valence-electron chi connectivity index (χ1n) is 7.91. The van der Waals surface area contributed by atoms with Crippen LogP contribution in [0.2, 0.25) is 0 Å². The van der Waals surface area contributed by atoms with Crippen LogP contribution < -0.4 is 0 Å². The van der Waals surface area contributed by atoms with Gasteiger partial charge in [-0.1, -0.05) is 42.5 Å². The second-order valence-electron chi connectivity index (χ2n) is 6.28. The Morgan fingerprint density at radius 1 is 0.917 bits per heavy atom. The summed E-state index contributed by atoms with van der Waals surface area (Å²) in [4.78, 5) is 30.3. The molecule has 1 N–H and O–H groups in total. The van der Waals surface area contributed by atoms with Crippen molar-refractivity contribution in [1.29, 1.82) is 0 Å². The van der Waals surface area contributed by atoms with E-state index in [0.717, 1.165) is 33.3 Å². The number of rotatable bonds is 0. The summed E-state index contributed by atoms with van der Waals surface area (Å²) in [5, 5.41) is 0.990. The van der Waals surface area contributed by atoms with Crippen LogP contribution in [0, 0.1) is 0 Å². The summed E-state index contributed by atoms with van der Waals surface area (Å²) in [6.45, 7) is 0. The first-order chi connectivity index (χ1) is 11.7. The van der Waals surface area contributed by atoms with Gasteiger partial charge >= 0.3 is 0 Å².